The standard InChI is InChI=1S/C31H33N6/c32-31(15-7-16-31)25-10-12-26(13-11-25)37-30-27-20-24(23-8-3-1-4-9-23)21-33-28(27)14-19-36(30)29(34-37)22-35-17-5-2-6-18-35/h1,3-4,8-14,19-21H,2,5-7,15-18,22,32H2/q+1. The van der Waals surface area contributed by atoms with Crippen molar-refractivity contribution in [3.05, 3.63) is 90.5 Å². The van der Waals surface area contributed by atoms with E-state index < -0.39 is 0 Å². The maximum absolute atomic E-state index is 6.62. The highest BCUT2D eigenvalue weighted by Gasteiger charge is 2.34. The Kier molecular flexibility index (Phi) is 5.52. The van der Waals surface area contributed by atoms with E-state index in [1.807, 2.05) is 12.3 Å². The quantitative estimate of drug-likeness (QED) is 0.347. The van der Waals surface area contributed by atoms with E-state index in [1.54, 1.807) is 0 Å². The number of pyridine rings is 2. The van der Waals surface area contributed by atoms with Crippen molar-refractivity contribution in [2.45, 2.75) is 50.6 Å². The Morgan fingerprint density at radius 1 is 0.865 bits per heavy atom. The number of aromatic nitrogens is 4. The molecule has 1 aliphatic carbocycles. The topological polar surface area (TPSA) is 64.1 Å². The normalized spacial score (nSPS) is 17.8. The van der Waals surface area contributed by atoms with E-state index in [0.717, 1.165) is 71.7 Å². The third-order valence-corrected chi connectivity index (χ3v) is 8.32. The van der Waals surface area contributed by atoms with Gasteiger partial charge in [-0.05, 0) is 80.6 Å². The molecule has 0 amide bonds. The summed E-state index contributed by atoms with van der Waals surface area (Å²) >= 11 is 0. The van der Waals surface area contributed by atoms with Crippen molar-refractivity contribution in [3.8, 4) is 16.8 Å². The van der Waals surface area contributed by atoms with Crippen LogP contribution in [0.3, 0.4) is 0 Å². The fraction of sp³-hybridized carbons (Fsp3) is 0.323. The Morgan fingerprint density at radius 3 is 2.38 bits per heavy atom. The van der Waals surface area contributed by atoms with Crippen LogP contribution in [0.4, 0.5) is 0 Å². The van der Waals surface area contributed by atoms with Crippen LogP contribution in [0, 0.1) is 0 Å². The van der Waals surface area contributed by atoms with Crippen molar-refractivity contribution in [2.75, 3.05) is 13.1 Å². The van der Waals surface area contributed by atoms with Crippen LogP contribution in [0.2, 0.25) is 0 Å². The Hall–Kier alpha value is -3.61. The zero-order valence-corrected chi connectivity index (χ0v) is 21.2. The average Bonchev–Trinajstić information content (AvgIpc) is 3.31. The molecule has 186 valence electrons. The second-order valence-corrected chi connectivity index (χ2v) is 10.8. The van der Waals surface area contributed by atoms with Gasteiger partial charge in [0, 0.05) is 22.4 Å². The molecule has 1 saturated heterocycles. The van der Waals surface area contributed by atoms with E-state index in [9.17, 15) is 0 Å². The molecule has 6 heteroatoms. The molecule has 3 aromatic heterocycles. The van der Waals surface area contributed by atoms with Gasteiger partial charge >= 0.3 is 0 Å². The molecule has 5 aromatic rings. The molecule has 0 bridgehead atoms. The van der Waals surface area contributed by atoms with E-state index in [2.05, 4.69) is 80.8 Å². The van der Waals surface area contributed by atoms with Gasteiger partial charge < -0.3 is 5.73 Å². The van der Waals surface area contributed by atoms with Crippen molar-refractivity contribution in [1.29, 1.82) is 0 Å². The number of hydrogen-bond donors (Lipinski definition) is 1. The highest BCUT2D eigenvalue weighted by atomic mass is 15.4. The molecule has 0 unspecified atom stereocenters. The summed E-state index contributed by atoms with van der Waals surface area (Å²) in [7, 11) is 0. The third kappa shape index (κ3) is 4.01. The predicted molar refractivity (Wildman–Crippen MR) is 146 cm³/mol. The Bertz CT molecular complexity index is 1560. The number of nitrogens with two attached hydrogens (primary N) is 1. The van der Waals surface area contributed by atoms with Gasteiger partial charge in [-0.25, -0.2) is 0 Å². The molecule has 7 rings (SSSR count). The molecule has 2 fully saturated rings. The summed E-state index contributed by atoms with van der Waals surface area (Å²) in [5, 5.41) is 6.31. The van der Waals surface area contributed by atoms with Gasteiger partial charge in [0.05, 0.1) is 23.6 Å². The maximum atomic E-state index is 6.62. The summed E-state index contributed by atoms with van der Waals surface area (Å²) < 4.78 is 4.36. The number of hydrogen-bond acceptors (Lipinski definition) is 4. The lowest BCUT2D eigenvalue weighted by atomic mass is 9.73. The minimum Gasteiger partial charge on any atom is -0.321 e. The molecule has 6 nitrogen and oxygen atoms in total. The number of nitrogens with zero attached hydrogens (tertiary/aromatic N) is 5. The Labute approximate surface area is 217 Å². The van der Waals surface area contributed by atoms with Gasteiger partial charge in [-0.15, -0.1) is 0 Å². The SMILES string of the molecule is NC1(c2ccc(-n3nc(CN4CCCCC4)[n+]4ccc5ncc(-c6ccccc6)cc5c34)cc2)CCC1. The van der Waals surface area contributed by atoms with Crippen molar-refractivity contribution < 1.29 is 4.40 Å². The molecule has 1 saturated carbocycles. The Morgan fingerprint density at radius 2 is 1.65 bits per heavy atom. The predicted octanol–water partition coefficient (Wildman–Crippen LogP) is 5.15. The third-order valence-electron chi connectivity index (χ3n) is 8.32. The van der Waals surface area contributed by atoms with E-state index in [-0.39, 0.29) is 5.54 Å². The summed E-state index contributed by atoms with van der Waals surface area (Å²) in [6.07, 6.45) is 11.3. The zero-order valence-electron chi connectivity index (χ0n) is 21.2. The van der Waals surface area contributed by atoms with Gasteiger partial charge in [-0.3, -0.25) is 9.88 Å². The summed E-state index contributed by atoms with van der Waals surface area (Å²) in [4.78, 5) is 7.38. The van der Waals surface area contributed by atoms with Crippen LogP contribution in [0.5, 0.6) is 0 Å². The molecular formula is C31H33N6+. The highest BCUT2D eigenvalue weighted by Crippen LogP contribution is 2.38. The van der Waals surface area contributed by atoms with Crippen molar-refractivity contribution in [1.82, 2.24) is 19.7 Å². The van der Waals surface area contributed by atoms with Gasteiger partial charge in [0.1, 0.15) is 5.69 Å². The lowest BCUT2D eigenvalue weighted by Crippen LogP contribution is -2.43. The van der Waals surface area contributed by atoms with Crippen molar-refractivity contribution >= 4 is 16.6 Å². The minimum atomic E-state index is -0.167. The maximum Gasteiger partial charge on any atom is 0.297 e. The van der Waals surface area contributed by atoms with Crippen LogP contribution in [0.1, 0.15) is 49.9 Å². The number of rotatable bonds is 5. The second-order valence-electron chi connectivity index (χ2n) is 10.8. The van der Waals surface area contributed by atoms with Crippen LogP contribution in [-0.4, -0.2) is 32.8 Å². The molecule has 37 heavy (non-hydrogen) atoms. The zero-order chi connectivity index (χ0) is 24.8. The van der Waals surface area contributed by atoms with Gasteiger partial charge in [0.25, 0.3) is 11.5 Å². The van der Waals surface area contributed by atoms with E-state index >= 15 is 0 Å². The van der Waals surface area contributed by atoms with E-state index in [1.165, 1.54) is 31.2 Å². The monoisotopic (exact) mass is 489 g/mol. The number of benzene rings is 2. The molecular weight excluding hydrogens is 456 g/mol. The largest absolute Gasteiger partial charge is 0.321 e. The average molecular weight is 490 g/mol. The first-order valence-electron chi connectivity index (χ1n) is 13.6. The minimum absolute atomic E-state index is 0.167. The van der Waals surface area contributed by atoms with Crippen molar-refractivity contribution in [3.63, 3.8) is 0 Å². The van der Waals surface area contributed by atoms with Gasteiger partial charge in [-0.1, -0.05) is 53.6 Å². The van der Waals surface area contributed by atoms with Crippen LogP contribution in [-0.2, 0) is 12.1 Å². The molecule has 2 N–H and O–H groups in total. The van der Waals surface area contributed by atoms with Crippen LogP contribution in [0.15, 0.2) is 79.1 Å². The Balaban J connectivity index is 1.40. The number of likely N-dealkylation sites (tertiary alicyclic amines) is 1. The fourth-order valence-corrected chi connectivity index (χ4v) is 5.94. The van der Waals surface area contributed by atoms with Gasteiger partial charge in [0.15, 0.2) is 0 Å². The lowest BCUT2D eigenvalue weighted by molar-refractivity contribution is -0.523. The van der Waals surface area contributed by atoms with E-state index in [0.29, 0.717) is 0 Å². The number of piperidine rings is 1. The fourth-order valence-electron chi connectivity index (χ4n) is 5.94. The molecule has 0 radical (unpaired) electrons. The first-order chi connectivity index (χ1) is 18.2. The summed E-state index contributed by atoms with van der Waals surface area (Å²) in [5.41, 5.74) is 13.0. The first-order valence-corrected chi connectivity index (χ1v) is 13.6. The number of fused-ring (bicyclic) bond motifs is 3. The molecule has 4 heterocycles. The molecule has 0 atom stereocenters. The van der Waals surface area contributed by atoms with Gasteiger partial charge in [0.2, 0.25) is 0 Å². The molecule has 2 aliphatic rings. The van der Waals surface area contributed by atoms with Crippen LogP contribution in [0.25, 0.3) is 33.4 Å². The summed E-state index contributed by atoms with van der Waals surface area (Å²) in [6, 6.07) is 23.6. The van der Waals surface area contributed by atoms with Gasteiger partial charge in [-0.2, -0.15) is 4.40 Å². The highest BCUT2D eigenvalue weighted by molar-refractivity contribution is 5.92. The smallest absolute Gasteiger partial charge is 0.297 e. The molecule has 0 spiro atoms. The summed E-state index contributed by atoms with van der Waals surface area (Å²) in [5.74, 6) is 1.06. The summed E-state index contributed by atoms with van der Waals surface area (Å²) in [6.45, 7) is 3.11. The lowest BCUT2D eigenvalue weighted by Gasteiger charge is -2.38. The van der Waals surface area contributed by atoms with Crippen molar-refractivity contribution in [2.24, 2.45) is 5.73 Å². The van der Waals surface area contributed by atoms with Crippen LogP contribution >= 0.6 is 0 Å². The van der Waals surface area contributed by atoms with E-state index in [4.69, 9.17) is 15.8 Å². The first kappa shape index (κ1) is 22.6. The second kappa shape index (κ2) is 9.05. The van der Waals surface area contributed by atoms with Crippen LogP contribution < -0.4 is 10.1 Å². The molecule has 1 aliphatic heterocycles. The molecule has 2 aromatic carbocycles.